The Hall–Kier alpha value is -3.47. The number of hydrogen-bond donors (Lipinski definition) is 0. The molecule has 0 bridgehead atoms. The van der Waals surface area contributed by atoms with Crippen LogP contribution in [0.4, 0.5) is 0 Å². The molecule has 0 fully saturated rings. The van der Waals surface area contributed by atoms with Crippen molar-refractivity contribution >= 4 is 22.1 Å². The second-order valence-electron chi connectivity index (χ2n) is 6.88. The topological polar surface area (TPSA) is 48.5 Å². The van der Waals surface area contributed by atoms with Gasteiger partial charge in [0.15, 0.2) is 11.6 Å². The van der Waals surface area contributed by atoms with E-state index in [0.717, 1.165) is 50.7 Å². The Morgan fingerprint density at radius 1 is 0.630 bits per heavy atom. The standard InChI is InChI=1S/C22H19N5/c1-14-12-17(21-24-15-8-4-6-10-19(15)26(21)2)23-18(13-14)22-25-16-9-5-7-11-20(16)27(22)3/h4-13H,1-3H3. The largest absolute Gasteiger partial charge is 0.326 e. The molecule has 0 N–H and O–H groups in total. The molecule has 0 unspecified atom stereocenters. The van der Waals surface area contributed by atoms with Crippen LogP contribution in [0.25, 0.3) is 45.1 Å². The van der Waals surface area contributed by atoms with Crippen LogP contribution in [0.3, 0.4) is 0 Å². The minimum absolute atomic E-state index is 0.857. The summed E-state index contributed by atoms with van der Waals surface area (Å²) in [5.74, 6) is 1.72. The molecule has 27 heavy (non-hydrogen) atoms. The van der Waals surface area contributed by atoms with Crippen LogP contribution in [-0.4, -0.2) is 24.1 Å². The Bertz CT molecular complexity index is 1210. The average molecular weight is 353 g/mol. The number of rotatable bonds is 2. The van der Waals surface area contributed by atoms with Gasteiger partial charge in [-0.15, -0.1) is 0 Å². The van der Waals surface area contributed by atoms with Gasteiger partial charge in [0.05, 0.1) is 22.1 Å². The van der Waals surface area contributed by atoms with E-state index >= 15 is 0 Å². The van der Waals surface area contributed by atoms with Crippen molar-refractivity contribution in [2.24, 2.45) is 14.1 Å². The SMILES string of the molecule is Cc1cc(-c2nc3ccccc3n2C)nc(-c2nc3ccccc3n2C)c1. The maximum Gasteiger partial charge on any atom is 0.159 e. The number of aryl methyl sites for hydroxylation is 3. The van der Waals surface area contributed by atoms with Crippen molar-refractivity contribution in [3.63, 3.8) is 0 Å². The van der Waals surface area contributed by atoms with E-state index in [4.69, 9.17) is 15.0 Å². The van der Waals surface area contributed by atoms with Crippen molar-refractivity contribution in [1.82, 2.24) is 24.1 Å². The first-order chi connectivity index (χ1) is 13.1. The molecule has 2 aromatic carbocycles. The van der Waals surface area contributed by atoms with Crippen molar-refractivity contribution in [2.45, 2.75) is 6.92 Å². The van der Waals surface area contributed by atoms with Gasteiger partial charge in [0, 0.05) is 14.1 Å². The van der Waals surface area contributed by atoms with Crippen molar-refractivity contribution in [1.29, 1.82) is 0 Å². The molecule has 0 spiro atoms. The zero-order valence-corrected chi connectivity index (χ0v) is 15.5. The van der Waals surface area contributed by atoms with Crippen molar-refractivity contribution in [2.75, 3.05) is 0 Å². The van der Waals surface area contributed by atoms with Gasteiger partial charge >= 0.3 is 0 Å². The van der Waals surface area contributed by atoms with E-state index in [0.29, 0.717) is 0 Å². The number of pyridine rings is 1. The summed E-state index contributed by atoms with van der Waals surface area (Å²) in [6.45, 7) is 2.08. The maximum atomic E-state index is 4.92. The van der Waals surface area contributed by atoms with Crippen LogP contribution in [-0.2, 0) is 14.1 Å². The van der Waals surface area contributed by atoms with Gasteiger partial charge in [-0.3, -0.25) is 0 Å². The molecule has 0 atom stereocenters. The van der Waals surface area contributed by atoms with E-state index in [1.165, 1.54) is 0 Å². The molecular formula is C22H19N5. The third-order valence-electron chi connectivity index (χ3n) is 5.00. The summed E-state index contributed by atoms with van der Waals surface area (Å²) in [5.41, 5.74) is 6.99. The van der Waals surface area contributed by atoms with Crippen molar-refractivity contribution in [3.05, 3.63) is 66.2 Å². The Balaban J connectivity index is 1.72. The second-order valence-corrected chi connectivity index (χ2v) is 6.88. The van der Waals surface area contributed by atoms with Crippen LogP contribution >= 0.6 is 0 Å². The molecule has 5 rings (SSSR count). The first kappa shape index (κ1) is 15.8. The Labute approximate surface area is 157 Å². The minimum atomic E-state index is 0.857. The van der Waals surface area contributed by atoms with Gasteiger partial charge in [0.2, 0.25) is 0 Å². The average Bonchev–Trinajstić information content (AvgIpc) is 3.20. The fourth-order valence-electron chi connectivity index (χ4n) is 3.65. The number of hydrogen-bond acceptors (Lipinski definition) is 3. The third kappa shape index (κ3) is 2.43. The third-order valence-corrected chi connectivity index (χ3v) is 5.00. The van der Waals surface area contributed by atoms with Crippen LogP contribution < -0.4 is 0 Å². The first-order valence-corrected chi connectivity index (χ1v) is 8.94. The molecular weight excluding hydrogens is 334 g/mol. The fourth-order valence-corrected chi connectivity index (χ4v) is 3.65. The summed E-state index contributed by atoms with van der Waals surface area (Å²) >= 11 is 0. The highest BCUT2D eigenvalue weighted by molar-refractivity contribution is 5.82. The lowest BCUT2D eigenvalue weighted by molar-refractivity contribution is 0.937. The summed E-state index contributed by atoms with van der Waals surface area (Å²) in [6, 6.07) is 20.4. The summed E-state index contributed by atoms with van der Waals surface area (Å²) in [4.78, 5) is 14.5. The lowest BCUT2D eigenvalue weighted by Gasteiger charge is -2.07. The number of para-hydroxylation sites is 4. The lowest BCUT2D eigenvalue weighted by atomic mass is 10.2. The number of benzene rings is 2. The molecule has 3 aromatic heterocycles. The number of aromatic nitrogens is 5. The van der Waals surface area contributed by atoms with Gasteiger partial charge in [-0.25, -0.2) is 15.0 Å². The molecule has 0 amide bonds. The predicted molar refractivity (Wildman–Crippen MR) is 108 cm³/mol. The van der Waals surface area contributed by atoms with E-state index in [-0.39, 0.29) is 0 Å². The van der Waals surface area contributed by atoms with E-state index in [2.05, 4.69) is 40.3 Å². The molecule has 0 aliphatic heterocycles. The molecule has 0 saturated heterocycles. The minimum Gasteiger partial charge on any atom is -0.326 e. The smallest absolute Gasteiger partial charge is 0.159 e. The molecule has 3 heterocycles. The monoisotopic (exact) mass is 353 g/mol. The molecule has 0 aliphatic carbocycles. The van der Waals surface area contributed by atoms with Gasteiger partial charge in [0.1, 0.15) is 11.4 Å². The van der Waals surface area contributed by atoms with Crippen LogP contribution in [0.1, 0.15) is 5.56 Å². The van der Waals surface area contributed by atoms with Crippen LogP contribution in [0, 0.1) is 6.92 Å². The quantitative estimate of drug-likeness (QED) is 0.469. The molecule has 5 aromatic rings. The van der Waals surface area contributed by atoms with Crippen molar-refractivity contribution < 1.29 is 0 Å². The van der Waals surface area contributed by atoms with Gasteiger partial charge in [-0.2, -0.15) is 0 Å². The number of nitrogens with zero attached hydrogens (tertiary/aromatic N) is 5. The zero-order chi connectivity index (χ0) is 18.5. The van der Waals surface area contributed by atoms with Gasteiger partial charge in [-0.1, -0.05) is 24.3 Å². The summed E-state index contributed by atoms with van der Waals surface area (Å²) in [5, 5.41) is 0. The van der Waals surface area contributed by atoms with Gasteiger partial charge < -0.3 is 9.13 Å². The normalized spacial score (nSPS) is 11.5. The molecule has 0 aliphatic rings. The van der Waals surface area contributed by atoms with E-state index < -0.39 is 0 Å². The highest BCUT2D eigenvalue weighted by Crippen LogP contribution is 2.27. The Kier molecular flexibility index (Phi) is 3.37. The molecule has 132 valence electrons. The number of imidazole rings is 2. The highest BCUT2D eigenvalue weighted by Gasteiger charge is 2.16. The summed E-state index contributed by atoms with van der Waals surface area (Å²) in [6.07, 6.45) is 0. The van der Waals surface area contributed by atoms with Gasteiger partial charge in [0.25, 0.3) is 0 Å². The first-order valence-electron chi connectivity index (χ1n) is 8.94. The highest BCUT2D eigenvalue weighted by atomic mass is 15.1. The Morgan fingerprint density at radius 3 is 1.52 bits per heavy atom. The second kappa shape index (κ2) is 5.77. The molecule has 0 radical (unpaired) electrons. The van der Waals surface area contributed by atoms with Crippen LogP contribution in [0.2, 0.25) is 0 Å². The Morgan fingerprint density at radius 2 is 1.07 bits per heavy atom. The molecule has 5 nitrogen and oxygen atoms in total. The number of fused-ring (bicyclic) bond motifs is 2. The van der Waals surface area contributed by atoms with E-state index in [1.807, 2.05) is 50.5 Å². The predicted octanol–water partition coefficient (Wildman–Crippen LogP) is 4.50. The summed E-state index contributed by atoms with van der Waals surface area (Å²) in [7, 11) is 4.06. The maximum absolute atomic E-state index is 4.92. The fraction of sp³-hybridized carbons (Fsp3) is 0.136. The van der Waals surface area contributed by atoms with Crippen molar-refractivity contribution in [3.8, 4) is 23.0 Å². The molecule has 5 heteroatoms. The van der Waals surface area contributed by atoms with E-state index in [9.17, 15) is 0 Å². The zero-order valence-electron chi connectivity index (χ0n) is 15.5. The van der Waals surface area contributed by atoms with Gasteiger partial charge in [-0.05, 0) is 48.9 Å². The molecule has 0 saturated carbocycles. The van der Waals surface area contributed by atoms with Crippen LogP contribution in [0.15, 0.2) is 60.7 Å². The van der Waals surface area contributed by atoms with Crippen LogP contribution in [0.5, 0.6) is 0 Å². The van der Waals surface area contributed by atoms with E-state index in [1.54, 1.807) is 0 Å². The lowest BCUT2D eigenvalue weighted by Crippen LogP contribution is -2.00. The summed E-state index contributed by atoms with van der Waals surface area (Å²) < 4.78 is 4.19.